The van der Waals surface area contributed by atoms with E-state index in [1.54, 1.807) is 31.3 Å². The first-order chi connectivity index (χ1) is 16.5. The molecule has 34 heavy (non-hydrogen) atoms. The van der Waals surface area contributed by atoms with Gasteiger partial charge in [-0.25, -0.2) is 18.5 Å². The van der Waals surface area contributed by atoms with Crippen molar-refractivity contribution in [2.24, 2.45) is 18.1 Å². The Labute approximate surface area is 199 Å². The van der Waals surface area contributed by atoms with Gasteiger partial charge in [-0.15, -0.1) is 5.10 Å². The molecule has 5 rings (SSSR count). The molecule has 0 saturated heterocycles. The highest BCUT2D eigenvalue weighted by atomic mass is 32.2. The molecule has 1 saturated carbocycles. The molecule has 7 nitrogen and oxygen atoms in total. The second-order valence-corrected chi connectivity index (χ2v) is 9.26. The van der Waals surface area contributed by atoms with Crippen LogP contribution in [0.5, 0.6) is 0 Å². The van der Waals surface area contributed by atoms with Crippen LogP contribution in [0.15, 0.2) is 64.4 Å². The fourth-order valence-electron chi connectivity index (χ4n) is 4.50. The lowest BCUT2D eigenvalue weighted by Gasteiger charge is -2.29. The van der Waals surface area contributed by atoms with E-state index in [1.807, 2.05) is 6.08 Å². The third-order valence-electron chi connectivity index (χ3n) is 6.09. The first-order valence-corrected chi connectivity index (χ1v) is 12.0. The second kappa shape index (κ2) is 9.46. The molecule has 3 aromatic rings. The number of thioether (sulfide) groups is 1. The third kappa shape index (κ3) is 4.50. The van der Waals surface area contributed by atoms with Crippen molar-refractivity contribution in [1.82, 2.24) is 25.2 Å². The molecular formula is C24H22F2N6OS. The number of hydrazone groups is 1. The lowest BCUT2D eigenvalue weighted by molar-refractivity contribution is -0.130. The lowest BCUT2D eigenvalue weighted by atomic mass is 9.77. The molecule has 2 atom stereocenters. The van der Waals surface area contributed by atoms with Crippen LogP contribution < -0.4 is 0 Å². The maximum atomic E-state index is 13.6. The summed E-state index contributed by atoms with van der Waals surface area (Å²) in [6, 6.07) is 12.3. The van der Waals surface area contributed by atoms with Gasteiger partial charge in [-0.2, -0.15) is 5.10 Å². The summed E-state index contributed by atoms with van der Waals surface area (Å²) < 4.78 is 28.5. The predicted octanol–water partition coefficient (Wildman–Crippen LogP) is 4.40. The molecule has 0 bridgehead atoms. The molecule has 174 valence electrons. The maximum absolute atomic E-state index is 13.6. The van der Waals surface area contributed by atoms with Gasteiger partial charge in [-0.3, -0.25) is 4.79 Å². The Morgan fingerprint density at radius 3 is 2.50 bits per heavy atom. The summed E-state index contributed by atoms with van der Waals surface area (Å²) in [6.07, 6.45) is 4.64. The van der Waals surface area contributed by atoms with Gasteiger partial charge in [-0.05, 0) is 76.7 Å². The fraction of sp³-hybridized carbons (Fsp3) is 0.292. The first kappa shape index (κ1) is 22.4. The quantitative estimate of drug-likeness (QED) is 0.506. The monoisotopic (exact) mass is 480 g/mol. The van der Waals surface area contributed by atoms with Gasteiger partial charge in [0.05, 0.1) is 17.5 Å². The van der Waals surface area contributed by atoms with Crippen LogP contribution in [0.1, 0.15) is 36.4 Å². The molecule has 2 aliphatic rings. The van der Waals surface area contributed by atoms with Crippen LogP contribution >= 0.6 is 11.8 Å². The number of tetrazole rings is 1. The van der Waals surface area contributed by atoms with Crippen molar-refractivity contribution in [1.29, 1.82) is 0 Å². The molecule has 0 spiro atoms. The average molecular weight is 481 g/mol. The van der Waals surface area contributed by atoms with Crippen molar-refractivity contribution in [2.75, 3.05) is 5.75 Å². The van der Waals surface area contributed by atoms with E-state index in [2.05, 4.69) is 15.5 Å². The number of nitrogens with zero attached hydrogens (tertiary/aromatic N) is 6. The Kier molecular flexibility index (Phi) is 6.23. The number of halogens is 2. The van der Waals surface area contributed by atoms with Gasteiger partial charge >= 0.3 is 0 Å². The van der Waals surface area contributed by atoms with Crippen LogP contribution in [0.4, 0.5) is 8.78 Å². The van der Waals surface area contributed by atoms with E-state index >= 15 is 0 Å². The SMILES string of the molecule is Cn1nnnc1SCC(=O)N1N=C2C(=Cc3ccc(F)cc3)CCCC2C1c1ccc(F)cc1. The van der Waals surface area contributed by atoms with Crippen molar-refractivity contribution in [3.8, 4) is 0 Å². The normalized spacial score (nSPS) is 21.0. The van der Waals surface area contributed by atoms with E-state index in [4.69, 9.17) is 5.10 Å². The zero-order valence-electron chi connectivity index (χ0n) is 18.4. The van der Waals surface area contributed by atoms with Gasteiger partial charge in [0.2, 0.25) is 5.16 Å². The number of aromatic nitrogens is 4. The summed E-state index contributed by atoms with van der Waals surface area (Å²) in [5.41, 5.74) is 3.62. The molecule has 1 aromatic heterocycles. The smallest absolute Gasteiger partial charge is 0.253 e. The Balaban J connectivity index is 1.47. The van der Waals surface area contributed by atoms with Crippen LogP contribution in [0, 0.1) is 17.6 Å². The van der Waals surface area contributed by atoms with E-state index in [1.165, 1.54) is 45.7 Å². The number of fused-ring (bicyclic) bond motifs is 1. The van der Waals surface area contributed by atoms with E-state index in [9.17, 15) is 13.6 Å². The summed E-state index contributed by atoms with van der Waals surface area (Å²) >= 11 is 1.24. The minimum absolute atomic E-state index is 0.00338. The molecule has 1 aliphatic carbocycles. The Morgan fingerprint density at radius 2 is 1.82 bits per heavy atom. The number of aryl methyl sites for hydroxylation is 1. The highest BCUT2D eigenvalue weighted by Gasteiger charge is 2.43. The minimum atomic E-state index is -0.327. The van der Waals surface area contributed by atoms with Crippen molar-refractivity contribution in [3.05, 3.63) is 76.9 Å². The topological polar surface area (TPSA) is 76.3 Å². The van der Waals surface area contributed by atoms with Gasteiger partial charge in [-0.1, -0.05) is 36.0 Å². The van der Waals surface area contributed by atoms with E-state index in [0.29, 0.717) is 5.16 Å². The molecule has 1 fully saturated rings. The van der Waals surface area contributed by atoms with Crippen LogP contribution in [0.25, 0.3) is 6.08 Å². The Morgan fingerprint density at radius 1 is 1.12 bits per heavy atom. The van der Waals surface area contributed by atoms with Crippen molar-refractivity contribution in [2.45, 2.75) is 30.5 Å². The van der Waals surface area contributed by atoms with E-state index < -0.39 is 0 Å². The van der Waals surface area contributed by atoms with Crippen LogP contribution in [-0.4, -0.2) is 42.6 Å². The van der Waals surface area contributed by atoms with Gasteiger partial charge in [0, 0.05) is 13.0 Å². The second-order valence-electron chi connectivity index (χ2n) is 8.31. The Hall–Kier alpha value is -3.40. The maximum Gasteiger partial charge on any atom is 0.253 e. The fourth-order valence-corrected chi connectivity index (χ4v) is 5.20. The lowest BCUT2D eigenvalue weighted by Crippen LogP contribution is -2.33. The number of carbonyl (C=O) groups excluding carboxylic acids is 1. The van der Waals surface area contributed by atoms with Crippen molar-refractivity contribution in [3.63, 3.8) is 0 Å². The summed E-state index contributed by atoms with van der Waals surface area (Å²) in [7, 11) is 1.71. The highest BCUT2D eigenvalue weighted by molar-refractivity contribution is 7.99. The summed E-state index contributed by atoms with van der Waals surface area (Å²) in [5, 5.41) is 18.2. The zero-order valence-corrected chi connectivity index (χ0v) is 19.3. The van der Waals surface area contributed by atoms with Crippen LogP contribution in [-0.2, 0) is 11.8 Å². The van der Waals surface area contributed by atoms with Gasteiger partial charge < -0.3 is 0 Å². The zero-order chi connectivity index (χ0) is 23.7. The number of amides is 1. The number of benzene rings is 2. The Bertz CT molecular complexity index is 1260. The number of hydrogen-bond acceptors (Lipinski definition) is 6. The summed E-state index contributed by atoms with van der Waals surface area (Å²) in [6.45, 7) is 0. The van der Waals surface area contributed by atoms with Crippen molar-refractivity contribution >= 4 is 29.5 Å². The molecule has 1 aliphatic heterocycles. The number of hydrogen-bond donors (Lipinski definition) is 0. The van der Waals surface area contributed by atoms with Crippen molar-refractivity contribution < 1.29 is 13.6 Å². The highest BCUT2D eigenvalue weighted by Crippen LogP contribution is 2.44. The first-order valence-electron chi connectivity index (χ1n) is 11.0. The molecule has 0 radical (unpaired) electrons. The van der Waals surface area contributed by atoms with Crippen LogP contribution in [0.2, 0.25) is 0 Å². The molecule has 0 N–H and O–H groups in total. The van der Waals surface area contributed by atoms with Gasteiger partial charge in [0.1, 0.15) is 11.6 Å². The molecule has 2 heterocycles. The molecular weight excluding hydrogens is 458 g/mol. The standard InChI is InChI=1S/C24H22F2N6OS/c1-31-24(27-29-30-31)34-14-21(33)32-23(16-7-11-19(26)12-8-16)20-4-2-3-17(22(20)28-32)13-15-5-9-18(25)10-6-15/h5-13,20,23H,2-4,14H2,1H3. The summed E-state index contributed by atoms with van der Waals surface area (Å²) in [5.74, 6) is -0.675. The summed E-state index contributed by atoms with van der Waals surface area (Å²) in [4.78, 5) is 13.3. The average Bonchev–Trinajstić information content (AvgIpc) is 3.43. The van der Waals surface area contributed by atoms with Crippen LogP contribution in [0.3, 0.4) is 0 Å². The van der Waals surface area contributed by atoms with Gasteiger partial charge in [0.25, 0.3) is 5.91 Å². The number of carbonyl (C=O) groups is 1. The largest absolute Gasteiger partial charge is 0.272 e. The molecule has 2 unspecified atom stereocenters. The number of rotatable bonds is 5. The minimum Gasteiger partial charge on any atom is -0.272 e. The third-order valence-corrected chi connectivity index (χ3v) is 7.08. The molecule has 10 heteroatoms. The van der Waals surface area contributed by atoms with E-state index in [0.717, 1.165) is 41.7 Å². The predicted molar refractivity (Wildman–Crippen MR) is 125 cm³/mol. The van der Waals surface area contributed by atoms with Gasteiger partial charge in [0.15, 0.2) is 0 Å². The number of allylic oxidation sites excluding steroid dienone is 1. The molecule has 1 amide bonds. The van der Waals surface area contributed by atoms with E-state index in [-0.39, 0.29) is 35.3 Å². The molecule has 2 aromatic carbocycles.